The average Bonchev–Trinajstić information content (AvgIpc) is 2.75. The van der Waals surface area contributed by atoms with Gasteiger partial charge in [0.05, 0.1) is 13.2 Å². The smallest absolute Gasteiger partial charge is 0.491 e. The molecule has 0 radical (unpaired) electrons. The highest BCUT2D eigenvalue weighted by molar-refractivity contribution is 6.61. The van der Waals surface area contributed by atoms with Crippen LogP contribution in [-0.2, 0) is 20.8 Å². The van der Waals surface area contributed by atoms with Crippen molar-refractivity contribution in [1.82, 2.24) is 0 Å². The number of phenols is 1. The molecule has 5 nitrogen and oxygen atoms in total. The lowest BCUT2D eigenvalue weighted by Gasteiger charge is -2.02. The minimum atomic E-state index is -0.870. The molecule has 0 aliphatic carbocycles. The molecule has 112 valence electrons. The first kappa shape index (κ1) is 18.5. The van der Waals surface area contributed by atoms with E-state index in [2.05, 4.69) is 4.74 Å². The molecule has 1 aliphatic rings. The van der Waals surface area contributed by atoms with Gasteiger partial charge < -0.3 is 19.5 Å². The standard InChI is InChI=1S/C8H9BO3.C4H8O2.C2H6/c1-5-2-6(10)3-8-7(5)4-12-9(8)11;1-3-6-4(2)5;1-2/h2-3,10-11H,4H2,1H3;3H2,1-2H3;1-2H3. The highest BCUT2D eigenvalue weighted by Gasteiger charge is 2.28. The number of aromatic hydroxyl groups is 1. The summed E-state index contributed by atoms with van der Waals surface area (Å²) in [7, 11) is -0.870. The van der Waals surface area contributed by atoms with E-state index in [0.29, 0.717) is 18.7 Å². The number of aryl methyl sites for hydroxylation is 1. The van der Waals surface area contributed by atoms with Gasteiger partial charge >= 0.3 is 13.1 Å². The minimum Gasteiger partial charge on any atom is -0.508 e. The van der Waals surface area contributed by atoms with Crippen LogP contribution in [0.15, 0.2) is 12.1 Å². The number of carbonyl (C=O) groups excluding carboxylic acids is 1. The Morgan fingerprint density at radius 1 is 1.45 bits per heavy atom. The fourth-order valence-corrected chi connectivity index (χ4v) is 1.70. The molecule has 0 fully saturated rings. The highest BCUT2D eigenvalue weighted by Crippen LogP contribution is 2.19. The molecule has 1 aromatic carbocycles. The van der Waals surface area contributed by atoms with Crippen LogP contribution >= 0.6 is 0 Å². The molecular formula is C14H23BO5. The van der Waals surface area contributed by atoms with Gasteiger partial charge in [-0.3, -0.25) is 4.79 Å². The van der Waals surface area contributed by atoms with E-state index in [9.17, 15) is 14.9 Å². The van der Waals surface area contributed by atoms with Crippen LogP contribution in [0.25, 0.3) is 0 Å². The van der Waals surface area contributed by atoms with Crippen molar-refractivity contribution in [1.29, 1.82) is 0 Å². The summed E-state index contributed by atoms with van der Waals surface area (Å²) in [6, 6.07) is 3.21. The Labute approximate surface area is 120 Å². The van der Waals surface area contributed by atoms with Crippen LogP contribution in [0.2, 0.25) is 0 Å². The summed E-state index contributed by atoms with van der Waals surface area (Å²) in [6.07, 6.45) is 0. The summed E-state index contributed by atoms with van der Waals surface area (Å²) in [5, 5.41) is 18.5. The largest absolute Gasteiger partial charge is 0.508 e. The summed E-state index contributed by atoms with van der Waals surface area (Å²) in [6.45, 7) is 9.97. The van der Waals surface area contributed by atoms with Crippen molar-refractivity contribution in [2.75, 3.05) is 6.61 Å². The number of hydrogen-bond acceptors (Lipinski definition) is 5. The number of carbonyl (C=O) groups is 1. The van der Waals surface area contributed by atoms with Gasteiger partial charge in [0.1, 0.15) is 5.75 Å². The SMILES string of the molecule is CC.CCOC(C)=O.Cc1cc(O)cc2c1COB2O. The fraction of sp³-hybridized carbons (Fsp3) is 0.500. The molecule has 0 spiro atoms. The van der Waals surface area contributed by atoms with Crippen LogP contribution in [0.1, 0.15) is 38.8 Å². The number of ether oxygens (including phenoxy) is 1. The van der Waals surface area contributed by atoms with E-state index >= 15 is 0 Å². The zero-order valence-electron chi connectivity index (χ0n) is 12.8. The number of fused-ring (bicyclic) bond motifs is 1. The van der Waals surface area contributed by atoms with Crippen molar-refractivity contribution in [3.05, 3.63) is 23.3 Å². The van der Waals surface area contributed by atoms with E-state index in [0.717, 1.165) is 11.1 Å². The molecule has 1 aliphatic heterocycles. The van der Waals surface area contributed by atoms with Gasteiger partial charge in [0.15, 0.2) is 0 Å². The minimum absolute atomic E-state index is 0.177. The summed E-state index contributed by atoms with van der Waals surface area (Å²) in [4.78, 5) is 9.82. The van der Waals surface area contributed by atoms with Crippen LogP contribution in [-0.4, -0.2) is 29.8 Å². The first-order valence-corrected chi connectivity index (χ1v) is 6.71. The number of rotatable bonds is 1. The molecule has 1 aromatic rings. The molecule has 2 rings (SSSR count). The summed E-state index contributed by atoms with van der Waals surface area (Å²) < 4.78 is 9.41. The molecule has 1 heterocycles. The molecule has 2 N–H and O–H groups in total. The Kier molecular flexibility index (Phi) is 8.67. The molecule has 0 amide bonds. The number of phenolic OH excluding ortho intramolecular Hbond substituents is 1. The van der Waals surface area contributed by atoms with Crippen molar-refractivity contribution in [2.24, 2.45) is 0 Å². The lowest BCUT2D eigenvalue weighted by atomic mass is 9.78. The third-order valence-electron chi connectivity index (χ3n) is 2.49. The number of hydrogen-bond donors (Lipinski definition) is 2. The number of esters is 1. The van der Waals surface area contributed by atoms with Gasteiger partial charge in [-0.2, -0.15) is 0 Å². The van der Waals surface area contributed by atoms with Crippen molar-refractivity contribution in [3.8, 4) is 5.75 Å². The van der Waals surface area contributed by atoms with Crippen LogP contribution in [0.5, 0.6) is 5.75 Å². The molecule has 0 saturated heterocycles. The molecule has 6 heteroatoms. The normalized spacial score (nSPS) is 11.6. The molecule has 0 aromatic heterocycles. The van der Waals surface area contributed by atoms with Gasteiger partial charge in [0.25, 0.3) is 0 Å². The van der Waals surface area contributed by atoms with Crippen molar-refractivity contribution >= 4 is 18.6 Å². The molecule has 0 atom stereocenters. The molecule has 20 heavy (non-hydrogen) atoms. The van der Waals surface area contributed by atoms with Gasteiger partial charge in [0, 0.05) is 6.92 Å². The highest BCUT2D eigenvalue weighted by atomic mass is 16.5. The number of benzene rings is 1. The fourth-order valence-electron chi connectivity index (χ4n) is 1.70. The second-order valence-corrected chi connectivity index (χ2v) is 3.92. The third kappa shape index (κ3) is 5.63. The topological polar surface area (TPSA) is 76.0 Å². The van der Waals surface area contributed by atoms with E-state index < -0.39 is 7.12 Å². The van der Waals surface area contributed by atoms with Gasteiger partial charge in [-0.25, -0.2) is 0 Å². The molecular weight excluding hydrogens is 259 g/mol. The zero-order valence-corrected chi connectivity index (χ0v) is 12.8. The quantitative estimate of drug-likeness (QED) is 0.603. The summed E-state index contributed by atoms with van der Waals surface area (Å²) in [5.74, 6) is -0.0340. The molecule has 0 saturated carbocycles. The van der Waals surface area contributed by atoms with Crippen LogP contribution < -0.4 is 5.46 Å². The van der Waals surface area contributed by atoms with Crippen LogP contribution in [0.4, 0.5) is 0 Å². The predicted molar refractivity (Wildman–Crippen MR) is 78.9 cm³/mol. The second-order valence-electron chi connectivity index (χ2n) is 3.92. The van der Waals surface area contributed by atoms with Crippen LogP contribution in [0.3, 0.4) is 0 Å². The molecule has 0 unspecified atom stereocenters. The van der Waals surface area contributed by atoms with Gasteiger partial charge in [-0.05, 0) is 42.6 Å². The zero-order chi connectivity index (χ0) is 15.7. The third-order valence-corrected chi connectivity index (χ3v) is 2.49. The lowest BCUT2D eigenvalue weighted by molar-refractivity contribution is -0.140. The first-order chi connectivity index (χ1) is 9.45. The molecule has 0 bridgehead atoms. The Hall–Kier alpha value is -1.53. The maximum Gasteiger partial charge on any atom is 0.491 e. The van der Waals surface area contributed by atoms with Crippen molar-refractivity contribution < 1.29 is 24.3 Å². The monoisotopic (exact) mass is 282 g/mol. The Balaban J connectivity index is 0.000000387. The summed E-state index contributed by atoms with van der Waals surface area (Å²) >= 11 is 0. The Morgan fingerprint density at radius 3 is 2.50 bits per heavy atom. The maximum atomic E-state index is 9.82. The van der Waals surface area contributed by atoms with Gasteiger partial charge in [-0.1, -0.05) is 13.8 Å². The van der Waals surface area contributed by atoms with E-state index in [1.165, 1.54) is 6.92 Å². The predicted octanol–water partition coefficient (Wildman–Crippen LogP) is 1.51. The second kappa shape index (κ2) is 9.39. The van der Waals surface area contributed by atoms with E-state index in [4.69, 9.17) is 4.65 Å². The van der Waals surface area contributed by atoms with E-state index in [1.807, 2.05) is 20.8 Å². The van der Waals surface area contributed by atoms with Crippen molar-refractivity contribution in [2.45, 2.75) is 41.2 Å². The summed E-state index contributed by atoms with van der Waals surface area (Å²) in [5.41, 5.74) is 2.63. The van der Waals surface area contributed by atoms with E-state index in [-0.39, 0.29) is 11.7 Å². The van der Waals surface area contributed by atoms with E-state index in [1.54, 1.807) is 19.1 Å². The Bertz CT molecular complexity index is 434. The maximum absolute atomic E-state index is 9.82. The van der Waals surface area contributed by atoms with Crippen molar-refractivity contribution in [3.63, 3.8) is 0 Å². The first-order valence-electron chi connectivity index (χ1n) is 6.71. The Morgan fingerprint density at radius 2 is 2.05 bits per heavy atom. The average molecular weight is 282 g/mol. The lowest BCUT2D eigenvalue weighted by Crippen LogP contribution is -2.28. The van der Waals surface area contributed by atoms with Gasteiger partial charge in [-0.15, -0.1) is 0 Å². The van der Waals surface area contributed by atoms with Gasteiger partial charge in [0.2, 0.25) is 0 Å². The van der Waals surface area contributed by atoms with Crippen LogP contribution in [0, 0.1) is 6.92 Å².